The zero-order valence-corrected chi connectivity index (χ0v) is 18.5. The number of aromatic nitrogens is 1. The van der Waals surface area contributed by atoms with Gasteiger partial charge in [-0.1, -0.05) is 53.8 Å². The number of likely N-dealkylation sites (tertiary alicyclic amines) is 1. The van der Waals surface area contributed by atoms with E-state index in [4.69, 9.17) is 9.15 Å². The van der Waals surface area contributed by atoms with Gasteiger partial charge < -0.3 is 14.1 Å². The molecule has 2 aromatic heterocycles. The van der Waals surface area contributed by atoms with E-state index in [-0.39, 0.29) is 17.6 Å². The third kappa shape index (κ3) is 3.64. The molecular formula is C26H20N2O4S. The molecule has 0 atom stereocenters. The van der Waals surface area contributed by atoms with Gasteiger partial charge in [0.05, 0.1) is 10.2 Å². The number of hydrogen-bond acceptors (Lipinski definition) is 6. The van der Waals surface area contributed by atoms with Crippen LogP contribution in [-0.4, -0.2) is 35.0 Å². The molecule has 6 nitrogen and oxygen atoms in total. The predicted molar refractivity (Wildman–Crippen MR) is 129 cm³/mol. The van der Waals surface area contributed by atoms with E-state index in [1.54, 1.807) is 17.0 Å². The lowest BCUT2D eigenvalue weighted by atomic mass is 10.0. The number of piperidine rings is 1. The molecule has 1 aliphatic rings. The molecule has 5 aromatic rings. The normalized spacial score (nSPS) is 14.8. The molecule has 33 heavy (non-hydrogen) atoms. The fourth-order valence-corrected chi connectivity index (χ4v) is 5.29. The molecule has 3 heterocycles. The van der Waals surface area contributed by atoms with Gasteiger partial charge in [-0.05, 0) is 35.0 Å². The molecule has 1 saturated heterocycles. The standard InChI is InChI=1S/C26H20N2O4S/c29-24(20-15-19-18-6-2-1-5-16(18)9-10-22(19)32-25(20)30)28-13-11-17(12-14-28)31-26-27-21-7-3-4-8-23(21)33-26/h1-10,15,17H,11-14H2. The fraction of sp³-hybridized carbons (Fsp3) is 0.192. The van der Waals surface area contributed by atoms with Gasteiger partial charge in [-0.15, -0.1) is 0 Å². The maximum Gasteiger partial charge on any atom is 0.349 e. The third-order valence-electron chi connectivity index (χ3n) is 6.14. The van der Waals surface area contributed by atoms with Gasteiger partial charge >= 0.3 is 5.63 Å². The Bertz CT molecular complexity index is 1530. The molecule has 0 spiro atoms. The average Bonchev–Trinajstić information content (AvgIpc) is 3.26. The first-order chi connectivity index (χ1) is 16.2. The molecule has 0 radical (unpaired) electrons. The van der Waals surface area contributed by atoms with Crippen molar-refractivity contribution in [2.75, 3.05) is 13.1 Å². The molecule has 6 rings (SSSR count). The van der Waals surface area contributed by atoms with Crippen molar-refractivity contribution < 1.29 is 13.9 Å². The molecule has 0 bridgehead atoms. The highest BCUT2D eigenvalue weighted by molar-refractivity contribution is 7.20. The monoisotopic (exact) mass is 456 g/mol. The van der Waals surface area contributed by atoms with Gasteiger partial charge in [-0.2, -0.15) is 0 Å². The SMILES string of the molecule is O=C(c1cc2c(ccc3ccccc32)oc1=O)N1CCC(Oc2nc3ccccc3s2)CC1. The van der Waals surface area contributed by atoms with Crippen molar-refractivity contribution in [2.45, 2.75) is 18.9 Å². The highest BCUT2D eigenvalue weighted by Crippen LogP contribution is 2.30. The summed E-state index contributed by atoms with van der Waals surface area (Å²) in [5.74, 6) is -0.294. The van der Waals surface area contributed by atoms with Crippen molar-refractivity contribution >= 4 is 49.2 Å². The Kier molecular flexibility index (Phi) is 4.84. The molecule has 0 unspecified atom stereocenters. The second-order valence-electron chi connectivity index (χ2n) is 8.20. The fourth-order valence-electron chi connectivity index (χ4n) is 4.41. The Morgan fingerprint density at radius 1 is 1.00 bits per heavy atom. The van der Waals surface area contributed by atoms with E-state index >= 15 is 0 Å². The zero-order valence-electron chi connectivity index (χ0n) is 17.7. The number of ether oxygens (including phenoxy) is 1. The van der Waals surface area contributed by atoms with Gasteiger partial charge in [0.15, 0.2) is 0 Å². The van der Waals surface area contributed by atoms with Crippen molar-refractivity contribution in [1.29, 1.82) is 0 Å². The van der Waals surface area contributed by atoms with E-state index in [1.807, 2.05) is 54.6 Å². The third-order valence-corrected chi connectivity index (χ3v) is 7.07. The molecule has 1 aliphatic heterocycles. The molecule has 1 fully saturated rings. The maximum atomic E-state index is 13.2. The second-order valence-corrected chi connectivity index (χ2v) is 9.20. The van der Waals surface area contributed by atoms with Crippen LogP contribution < -0.4 is 10.4 Å². The summed E-state index contributed by atoms with van der Waals surface area (Å²) in [6.07, 6.45) is 1.36. The van der Waals surface area contributed by atoms with E-state index in [0.717, 1.165) is 26.4 Å². The average molecular weight is 457 g/mol. The number of carbonyl (C=O) groups excluding carboxylic acids is 1. The first-order valence-electron chi connectivity index (χ1n) is 10.9. The van der Waals surface area contributed by atoms with Gasteiger partial charge in [-0.3, -0.25) is 4.79 Å². The van der Waals surface area contributed by atoms with Gasteiger partial charge in [0.2, 0.25) is 0 Å². The maximum absolute atomic E-state index is 13.2. The van der Waals surface area contributed by atoms with Crippen molar-refractivity contribution in [3.63, 3.8) is 0 Å². The van der Waals surface area contributed by atoms with Crippen LogP contribution in [0.1, 0.15) is 23.2 Å². The lowest BCUT2D eigenvalue weighted by molar-refractivity contribution is 0.0592. The minimum atomic E-state index is -0.601. The Morgan fingerprint density at radius 3 is 2.64 bits per heavy atom. The highest BCUT2D eigenvalue weighted by atomic mass is 32.1. The molecule has 0 aliphatic carbocycles. The number of rotatable bonds is 3. The number of carbonyl (C=O) groups is 1. The molecule has 0 N–H and O–H groups in total. The topological polar surface area (TPSA) is 72.6 Å². The summed E-state index contributed by atoms with van der Waals surface area (Å²) >= 11 is 1.53. The Morgan fingerprint density at radius 2 is 1.79 bits per heavy atom. The number of amides is 1. The minimum Gasteiger partial charge on any atom is -0.467 e. The molecule has 0 saturated carbocycles. The van der Waals surface area contributed by atoms with Crippen LogP contribution in [0.25, 0.3) is 32.0 Å². The number of benzene rings is 3. The summed E-state index contributed by atoms with van der Waals surface area (Å²) in [5.41, 5.74) is 0.888. The Balaban J connectivity index is 1.21. The molecule has 3 aromatic carbocycles. The summed E-state index contributed by atoms with van der Waals surface area (Å²) in [6.45, 7) is 1.03. The Labute approximate surface area is 193 Å². The van der Waals surface area contributed by atoms with Gasteiger partial charge in [0, 0.05) is 31.3 Å². The number of thiazole rings is 1. The molecule has 7 heteroatoms. The molecule has 1 amide bonds. The van der Waals surface area contributed by atoms with E-state index in [0.29, 0.717) is 36.7 Å². The number of para-hydroxylation sites is 1. The van der Waals surface area contributed by atoms with E-state index in [9.17, 15) is 9.59 Å². The summed E-state index contributed by atoms with van der Waals surface area (Å²) in [4.78, 5) is 32.0. The minimum absolute atomic E-state index is 0.00781. The largest absolute Gasteiger partial charge is 0.467 e. The molecular weight excluding hydrogens is 436 g/mol. The summed E-state index contributed by atoms with van der Waals surface area (Å²) in [6, 6.07) is 21.2. The van der Waals surface area contributed by atoms with Crippen molar-refractivity contribution in [3.8, 4) is 5.19 Å². The second kappa shape index (κ2) is 8.01. The lowest BCUT2D eigenvalue weighted by Crippen LogP contribution is -2.43. The van der Waals surface area contributed by atoms with Crippen LogP contribution in [0, 0.1) is 0 Å². The smallest absolute Gasteiger partial charge is 0.349 e. The number of hydrogen-bond donors (Lipinski definition) is 0. The van der Waals surface area contributed by atoms with Crippen LogP contribution in [0.2, 0.25) is 0 Å². The summed E-state index contributed by atoms with van der Waals surface area (Å²) < 4.78 is 12.7. The van der Waals surface area contributed by atoms with Gasteiger partial charge in [0.1, 0.15) is 17.3 Å². The Hall–Kier alpha value is -3.71. The first-order valence-corrected chi connectivity index (χ1v) is 11.7. The first kappa shape index (κ1) is 19.9. The lowest BCUT2D eigenvalue weighted by Gasteiger charge is -2.31. The van der Waals surface area contributed by atoms with Crippen LogP contribution >= 0.6 is 11.3 Å². The molecule has 164 valence electrons. The van der Waals surface area contributed by atoms with Crippen LogP contribution in [0.3, 0.4) is 0 Å². The van der Waals surface area contributed by atoms with Crippen LogP contribution in [-0.2, 0) is 0 Å². The van der Waals surface area contributed by atoms with Crippen molar-refractivity contribution in [1.82, 2.24) is 9.88 Å². The van der Waals surface area contributed by atoms with Crippen LogP contribution in [0.15, 0.2) is 75.9 Å². The number of nitrogens with zero attached hydrogens (tertiary/aromatic N) is 2. The summed E-state index contributed by atoms with van der Waals surface area (Å²) in [5, 5.41) is 3.41. The zero-order chi connectivity index (χ0) is 22.4. The van der Waals surface area contributed by atoms with Crippen LogP contribution in [0.4, 0.5) is 0 Å². The predicted octanol–water partition coefficient (Wildman–Crippen LogP) is 5.24. The van der Waals surface area contributed by atoms with E-state index in [1.165, 1.54) is 11.3 Å². The van der Waals surface area contributed by atoms with E-state index in [2.05, 4.69) is 4.98 Å². The van der Waals surface area contributed by atoms with Gasteiger partial charge in [0.25, 0.3) is 11.1 Å². The highest BCUT2D eigenvalue weighted by Gasteiger charge is 2.27. The van der Waals surface area contributed by atoms with Crippen molar-refractivity contribution in [2.24, 2.45) is 0 Å². The quantitative estimate of drug-likeness (QED) is 0.274. The van der Waals surface area contributed by atoms with Crippen LogP contribution in [0.5, 0.6) is 5.19 Å². The van der Waals surface area contributed by atoms with Gasteiger partial charge in [-0.25, -0.2) is 9.78 Å². The number of fused-ring (bicyclic) bond motifs is 4. The summed E-state index contributed by atoms with van der Waals surface area (Å²) in [7, 11) is 0. The van der Waals surface area contributed by atoms with E-state index < -0.39 is 5.63 Å². The van der Waals surface area contributed by atoms with Crippen molar-refractivity contribution in [3.05, 3.63) is 82.7 Å².